The van der Waals surface area contributed by atoms with Gasteiger partial charge in [0.05, 0.1) is 11.1 Å². The zero-order valence-corrected chi connectivity index (χ0v) is 10.4. The van der Waals surface area contributed by atoms with Gasteiger partial charge in [-0.3, -0.25) is 0 Å². The second-order valence-electron chi connectivity index (χ2n) is 3.69. The molecule has 2 aromatic rings. The number of aromatic carboxylic acids is 1. The fourth-order valence-corrected chi connectivity index (χ4v) is 1.67. The van der Waals surface area contributed by atoms with Crippen molar-refractivity contribution in [1.82, 2.24) is 0 Å². The van der Waals surface area contributed by atoms with E-state index in [1.807, 2.05) is 6.07 Å². The number of nitriles is 1. The molecule has 0 spiro atoms. The minimum Gasteiger partial charge on any atom is -0.478 e. The molecule has 0 unspecified atom stereocenters. The molecule has 0 amide bonds. The van der Waals surface area contributed by atoms with Gasteiger partial charge in [-0.2, -0.15) is 5.26 Å². The number of nitrogens with zero attached hydrogens (tertiary/aromatic N) is 1. The first-order valence-electron chi connectivity index (χ1n) is 5.31. The van der Waals surface area contributed by atoms with Crippen LogP contribution >= 0.6 is 11.6 Å². The van der Waals surface area contributed by atoms with Crippen LogP contribution in [0, 0.1) is 11.3 Å². The molecule has 0 saturated carbocycles. The maximum absolute atomic E-state index is 10.8. The highest BCUT2D eigenvalue weighted by atomic mass is 35.5. The summed E-state index contributed by atoms with van der Waals surface area (Å²) in [5.41, 5.74) is 0.401. The minimum absolute atomic E-state index is 0.116. The minimum atomic E-state index is -1.04. The van der Waals surface area contributed by atoms with E-state index >= 15 is 0 Å². The summed E-state index contributed by atoms with van der Waals surface area (Å²) >= 11 is 5.78. The number of rotatable bonds is 3. The number of hydrogen-bond donors (Lipinski definition) is 1. The van der Waals surface area contributed by atoms with Crippen molar-refractivity contribution in [1.29, 1.82) is 5.26 Å². The molecule has 94 valence electrons. The highest BCUT2D eigenvalue weighted by molar-refractivity contribution is 6.30. The average Bonchev–Trinajstić information content (AvgIpc) is 2.41. The molecule has 0 saturated heterocycles. The molecule has 19 heavy (non-hydrogen) atoms. The second kappa shape index (κ2) is 5.42. The van der Waals surface area contributed by atoms with E-state index < -0.39 is 5.97 Å². The average molecular weight is 274 g/mol. The molecular weight excluding hydrogens is 266 g/mol. The summed E-state index contributed by atoms with van der Waals surface area (Å²) in [6, 6.07) is 12.6. The summed E-state index contributed by atoms with van der Waals surface area (Å²) in [5.74, 6) is -0.366. The molecule has 4 nitrogen and oxygen atoms in total. The SMILES string of the molecule is N#Cc1cc(Cl)ccc1Oc1cccc(C(=O)O)c1. The van der Waals surface area contributed by atoms with Gasteiger partial charge in [-0.1, -0.05) is 17.7 Å². The molecule has 0 heterocycles. The lowest BCUT2D eigenvalue weighted by atomic mass is 10.2. The zero-order chi connectivity index (χ0) is 13.8. The number of carboxylic acids is 1. The Hall–Kier alpha value is -2.51. The van der Waals surface area contributed by atoms with Crippen molar-refractivity contribution in [2.24, 2.45) is 0 Å². The largest absolute Gasteiger partial charge is 0.478 e. The van der Waals surface area contributed by atoms with Crippen molar-refractivity contribution in [3.05, 3.63) is 58.6 Å². The van der Waals surface area contributed by atoms with E-state index in [0.717, 1.165) is 0 Å². The Kier molecular flexibility index (Phi) is 3.69. The lowest BCUT2D eigenvalue weighted by Gasteiger charge is -2.08. The van der Waals surface area contributed by atoms with Crippen LogP contribution < -0.4 is 4.74 Å². The van der Waals surface area contributed by atoms with E-state index in [9.17, 15) is 4.79 Å². The quantitative estimate of drug-likeness (QED) is 0.925. The third-order valence-corrected chi connectivity index (χ3v) is 2.61. The first-order chi connectivity index (χ1) is 9.10. The van der Waals surface area contributed by atoms with Crippen LogP contribution in [0.1, 0.15) is 15.9 Å². The summed E-state index contributed by atoms with van der Waals surface area (Å²) in [6.45, 7) is 0. The summed E-state index contributed by atoms with van der Waals surface area (Å²) in [5, 5.41) is 18.3. The van der Waals surface area contributed by atoms with Crippen LogP contribution in [0.25, 0.3) is 0 Å². The predicted octanol–water partition coefficient (Wildman–Crippen LogP) is 3.70. The Morgan fingerprint density at radius 1 is 1.26 bits per heavy atom. The van der Waals surface area contributed by atoms with Crippen molar-refractivity contribution in [3.8, 4) is 17.6 Å². The Morgan fingerprint density at radius 3 is 2.74 bits per heavy atom. The number of halogens is 1. The van der Waals surface area contributed by atoms with Crippen LogP contribution in [-0.2, 0) is 0 Å². The summed E-state index contributed by atoms with van der Waals surface area (Å²) in [7, 11) is 0. The summed E-state index contributed by atoms with van der Waals surface area (Å²) in [6.07, 6.45) is 0. The smallest absolute Gasteiger partial charge is 0.335 e. The molecule has 0 radical (unpaired) electrons. The Balaban J connectivity index is 2.34. The van der Waals surface area contributed by atoms with E-state index in [4.69, 9.17) is 26.7 Å². The van der Waals surface area contributed by atoms with E-state index in [0.29, 0.717) is 16.5 Å². The molecule has 0 aliphatic carbocycles. The highest BCUT2D eigenvalue weighted by Gasteiger charge is 2.08. The van der Waals surface area contributed by atoms with E-state index in [1.165, 1.54) is 18.2 Å². The van der Waals surface area contributed by atoms with Crippen molar-refractivity contribution in [2.75, 3.05) is 0 Å². The first kappa shape index (κ1) is 12.9. The molecule has 0 bridgehead atoms. The molecular formula is C14H8ClNO3. The molecule has 2 aromatic carbocycles. The van der Waals surface area contributed by atoms with Gasteiger partial charge >= 0.3 is 5.97 Å². The summed E-state index contributed by atoms with van der Waals surface area (Å²) < 4.78 is 5.50. The third-order valence-electron chi connectivity index (χ3n) is 2.37. The highest BCUT2D eigenvalue weighted by Crippen LogP contribution is 2.27. The fourth-order valence-electron chi connectivity index (χ4n) is 1.50. The monoisotopic (exact) mass is 273 g/mol. The van der Waals surface area contributed by atoms with Crippen LogP contribution in [0.5, 0.6) is 11.5 Å². The Bertz CT molecular complexity index is 677. The van der Waals surface area contributed by atoms with Gasteiger partial charge in [0.2, 0.25) is 0 Å². The second-order valence-corrected chi connectivity index (χ2v) is 4.12. The fraction of sp³-hybridized carbons (Fsp3) is 0. The number of benzene rings is 2. The molecule has 0 aromatic heterocycles. The van der Waals surface area contributed by atoms with Gasteiger partial charge in [0.1, 0.15) is 17.6 Å². The van der Waals surface area contributed by atoms with Gasteiger partial charge in [-0.15, -0.1) is 0 Å². The lowest BCUT2D eigenvalue weighted by molar-refractivity contribution is 0.0696. The van der Waals surface area contributed by atoms with Gasteiger partial charge < -0.3 is 9.84 Å². The molecule has 2 rings (SSSR count). The van der Waals surface area contributed by atoms with Gasteiger partial charge in [0, 0.05) is 5.02 Å². The van der Waals surface area contributed by atoms with Crippen molar-refractivity contribution in [2.45, 2.75) is 0 Å². The van der Waals surface area contributed by atoms with E-state index in [2.05, 4.69) is 0 Å². The van der Waals surface area contributed by atoms with Crippen LogP contribution in [0.4, 0.5) is 0 Å². The molecule has 0 aliphatic rings. The van der Waals surface area contributed by atoms with E-state index in [-0.39, 0.29) is 11.1 Å². The molecule has 1 N–H and O–H groups in total. The number of hydrogen-bond acceptors (Lipinski definition) is 3. The predicted molar refractivity (Wildman–Crippen MR) is 69.6 cm³/mol. The maximum Gasteiger partial charge on any atom is 0.335 e. The van der Waals surface area contributed by atoms with Crippen molar-refractivity contribution >= 4 is 17.6 Å². The van der Waals surface area contributed by atoms with Crippen LogP contribution in [0.2, 0.25) is 5.02 Å². The Morgan fingerprint density at radius 2 is 2.05 bits per heavy atom. The summed E-state index contributed by atoms with van der Waals surface area (Å²) in [4.78, 5) is 10.8. The van der Waals surface area contributed by atoms with Gasteiger partial charge in [-0.25, -0.2) is 4.79 Å². The standard InChI is InChI=1S/C14H8ClNO3/c15-11-4-5-13(10(6-11)8-16)19-12-3-1-2-9(7-12)14(17)18/h1-7H,(H,17,18). The third kappa shape index (κ3) is 3.03. The molecule has 0 atom stereocenters. The van der Waals surface area contributed by atoms with Crippen LogP contribution in [-0.4, -0.2) is 11.1 Å². The number of ether oxygens (including phenoxy) is 1. The zero-order valence-electron chi connectivity index (χ0n) is 9.63. The van der Waals surface area contributed by atoms with Crippen molar-refractivity contribution in [3.63, 3.8) is 0 Å². The van der Waals surface area contributed by atoms with Crippen molar-refractivity contribution < 1.29 is 14.6 Å². The van der Waals surface area contributed by atoms with Gasteiger partial charge in [-0.05, 0) is 36.4 Å². The number of carbonyl (C=O) groups is 1. The first-order valence-corrected chi connectivity index (χ1v) is 5.69. The molecule has 5 heteroatoms. The van der Waals surface area contributed by atoms with Gasteiger partial charge in [0.25, 0.3) is 0 Å². The topological polar surface area (TPSA) is 70.3 Å². The molecule has 0 aliphatic heterocycles. The number of carboxylic acid groups (broad SMARTS) is 1. The lowest BCUT2D eigenvalue weighted by Crippen LogP contribution is -1.96. The van der Waals surface area contributed by atoms with Crippen LogP contribution in [0.15, 0.2) is 42.5 Å². The van der Waals surface area contributed by atoms with Crippen LogP contribution in [0.3, 0.4) is 0 Å². The normalized spacial score (nSPS) is 9.68. The van der Waals surface area contributed by atoms with Gasteiger partial charge in [0.15, 0.2) is 0 Å². The molecule has 0 fully saturated rings. The maximum atomic E-state index is 10.8. The van der Waals surface area contributed by atoms with E-state index in [1.54, 1.807) is 24.3 Å². The Labute approximate surface area is 114 Å².